The van der Waals surface area contributed by atoms with Gasteiger partial charge in [-0.3, -0.25) is 24.0 Å². The number of ether oxygens (including phenoxy) is 3. The standard InChI is InChI=1S/C22H35F3N2O5.C17H27F3N2O3.C2HF3O.C2H6/c1-12-8-13-9-14(26-19(30)32-21(5,6)7)17(31-18(29)20(2,3)4)16(12)27(11-13)15(28)10-22(23,24)25;1-9-5-10-6-11(21)13(14(9)25-15(24)16(2,3)4)22(8-10)12(23)7-17(18,19)20;3-2(4,5)1-6;1-2/h12-14,16-17H,8-11H2,1-7H3,(H,26,30);9-11,13-14H,5-8,21H2,1-4H3;1H;1-2H3/t12-,13?,14+,16?,17+;9-,10?,11+,13?,14-;;/m10../s1/i;;;1D. The van der Waals surface area contributed by atoms with Crippen molar-refractivity contribution < 1.29 is 83.9 Å². The van der Waals surface area contributed by atoms with Gasteiger partial charge in [0, 0.05) is 20.5 Å². The Kier molecular flexibility index (Phi) is 20.1. The van der Waals surface area contributed by atoms with Crippen LogP contribution in [-0.4, -0.2) is 120 Å². The van der Waals surface area contributed by atoms with Crippen molar-refractivity contribution in [3.05, 3.63) is 0 Å². The number of carbonyl (C=O) groups is 6. The van der Waals surface area contributed by atoms with E-state index in [0.29, 0.717) is 32.6 Å². The number of hydrogen-bond acceptors (Lipinski definition) is 10. The van der Waals surface area contributed by atoms with Crippen LogP contribution in [0.2, 0.25) is 0 Å². The molecule has 0 aromatic rings. The monoisotopic (exact) mass is 957 g/mol. The summed E-state index contributed by atoms with van der Waals surface area (Å²) in [7, 11) is 0. The first kappa shape index (κ1) is 57.3. The van der Waals surface area contributed by atoms with E-state index >= 15 is 0 Å². The minimum absolute atomic E-state index is 0.0248. The number of amides is 3. The van der Waals surface area contributed by atoms with E-state index in [1.54, 1.807) is 69.2 Å². The predicted molar refractivity (Wildman–Crippen MR) is 219 cm³/mol. The van der Waals surface area contributed by atoms with E-state index in [9.17, 15) is 63.5 Å². The summed E-state index contributed by atoms with van der Waals surface area (Å²) in [6.07, 6.45) is -18.1. The lowest BCUT2D eigenvalue weighted by Gasteiger charge is -2.44. The third-order valence-corrected chi connectivity index (χ3v) is 10.8. The number of esters is 2. The molecule has 2 aliphatic carbocycles. The lowest BCUT2D eigenvalue weighted by molar-refractivity contribution is -0.176. The van der Waals surface area contributed by atoms with Crippen molar-refractivity contribution in [2.45, 2.75) is 189 Å². The number of hydrogen-bond donors (Lipinski definition) is 2. The Bertz CT molecular complexity index is 1650. The minimum atomic E-state index is -4.64. The number of piperidine rings is 2. The lowest BCUT2D eigenvalue weighted by Crippen LogP contribution is -2.61. The number of rotatable bonds is 5. The molecule has 4 aliphatic heterocycles. The first-order chi connectivity index (χ1) is 29.6. The molecule has 10 atom stereocenters. The molecule has 22 heteroatoms. The number of aldehydes is 1. The maximum atomic E-state index is 13.0. The van der Waals surface area contributed by atoms with Crippen molar-refractivity contribution in [1.82, 2.24) is 15.1 Å². The minimum Gasteiger partial charge on any atom is -0.459 e. The van der Waals surface area contributed by atoms with Gasteiger partial charge in [-0.25, -0.2) is 4.79 Å². The van der Waals surface area contributed by atoms with Crippen LogP contribution in [0.15, 0.2) is 0 Å². The maximum absolute atomic E-state index is 13.0. The fourth-order valence-corrected chi connectivity index (χ4v) is 8.29. The Labute approximate surface area is 377 Å². The second-order valence-electron chi connectivity index (χ2n) is 20.1. The SMILES string of the molecule is C[C@@H]1CC2C[C@H](NC(=O)OC(C)(C)C)[C@H](OC(=O)C(C)(C)C)C1N(C(=O)CC(F)(F)F)C2.C[C@H]1CC2C[C@@H](N)C([C@H]1OC(=O)C(C)(C)C)N(C(=O)CC(F)(F)F)C2.O=CC(F)(F)F.[2H]CC. The highest BCUT2D eigenvalue weighted by Crippen LogP contribution is 2.42. The molecule has 0 radical (unpaired) electrons. The van der Waals surface area contributed by atoms with Crippen LogP contribution in [0.5, 0.6) is 0 Å². The molecule has 0 aromatic carbocycles. The summed E-state index contributed by atoms with van der Waals surface area (Å²) in [4.78, 5) is 73.5. The van der Waals surface area contributed by atoms with Crippen LogP contribution in [0.25, 0.3) is 0 Å². The van der Waals surface area contributed by atoms with Gasteiger partial charge in [-0.15, -0.1) is 0 Å². The van der Waals surface area contributed by atoms with Gasteiger partial charge < -0.3 is 35.1 Å². The van der Waals surface area contributed by atoms with Crippen LogP contribution >= 0.6 is 0 Å². The number of halogens is 9. The Balaban J connectivity index is 0.000000568. The van der Waals surface area contributed by atoms with Gasteiger partial charge in [0.25, 0.3) is 0 Å². The third kappa shape index (κ3) is 19.5. The van der Waals surface area contributed by atoms with Gasteiger partial charge in [-0.2, -0.15) is 39.5 Å². The average molecular weight is 958 g/mol. The second kappa shape index (κ2) is 22.8. The normalized spacial score (nSPS) is 28.2. The van der Waals surface area contributed by atoms with Crippen LogP contribution in [0.1, 0.15) is 130 Å². The Morgan fingerprint density at radius 1 is 0.677 bits per heavy atom. The quantitative estimate of drug-likeness (QED) is 0.118. The fourth-order valence-electron chi connectivity index (χ4n) is 8.29. The van der Waals surface area contributed by atoms with Gasteiger partial charge >= 0.3 is 36.6 Å². The van der Waals surface area contributed by atoms with E-state index in [2.05, 4.69) is 5.32 Å². The van der Waals surface area contributed by atoms with E-state index in [1.165, 1.54) is 9.80 Å². The highest BCUT2D eigenvalue weighted by molar-refractivity contribution is 5.79. The Hall–Kier alpha value is -3.85. The highest BCUT2D eigenvalue weighted by atomic mass is 19.4. The van der Waals surface area contributed by atoms with Crippen molar-refractivity contribution in [2.75, 3.05) is 13.1 Å². The zero-order valence-corrected chi connectivity index (χ0v) is 39.3. The second-order valence-corrected chi connectivity index (χ2v) is 20.1. The van der Waals surface area contributed by atoms with E-state index < -0.39 is 120 Å². The van der Waals surface area contributed by atoms with Gasteiger partial charge in [0.2, 0.25) is 18.1 Å². The molecule has 4 bridgehead atoms. The molecule has 4 unspecified atom stereocenters. The van der Waals surface area contributed by atoms with Crippen molar-refractivity contribution >= 4 is 36.1 Å². The smallest absolute Gasteiger partial charge is 0.446 e. The third-order valence-electron chi connectivity index (χ3n) is 10.8. The first-order valence-corrected chi connectivity index (χ1v) is 21.4. The number of carbonyl (C=O) groups excluding carboxylic acids is 6. The van der Waals surface area contributed by atoms with Gasteiger partial charge in [0.05, 0.1) is 29.0 Å². The summed E-state index contributed by atoms with van der Waals surface area (Å²) < 4.78 is 131. The molecule has 0 aromatic heterocycles. The molecule has 4 saturated heterocycles. The van der Waals surface area contributed by atoms with Crippen LogP contribution in [-0.2, 0) is 38.2 Å². The molecule has 4 heterocycles. The van der Waals surface area contributed by atoms with Crippen molar-refractivity contribution in [1.29, 1.82) is 0 Å². The number of alkyl carbamates (subject to hydrolysis) is 1. The van der Waals surface area contributed by atoms with E-state index in [0.717, 1.165) is 0 Å². The number of alkyl halides is 9. The van der Waals surface area contributed by atoms with E-state index in [1.807, 2.05) is 13.8 Å². The number of nitrogens with zero attached hydrogens (tertiary/aromatic N) is 2. The van der Waals surface area contributed by atoms with Gasteiger partial charge in [0.1, 0.15) is 30.7 Å². The lowest BCUT2D eigenvalue weighted by atomic mass is 9.85. The topological polar surface area (TPSA) is 175 Å². The fraction of sp³-hybridized carbons (Fsp3) is 0.860. The zero-order valence-electron chi connectivity index (χ0n) is 40.3. The summed E-state index contributed by atoms with van der Waals surface area (Å²) in [5.74, 6) is -3.44. The summed E-state index contributed by atoms with van der Waals surface area (Å²) in [6, 6.07) is -2.69. The maximum Gasteiger partial charge on any atom is 0.446 e. The molecule has 0 spiro atoms. The number of nitrogens with one attached hydrogen (secondary N) is 1. The van der Waals surface area contributed by atoms with Gasteiger partial charge in [-0.05, 0) is 112 Å². The molecule has 6 rings (SSSR count). The Morgan fingerprint density at radius 2 is 1.06 bits per heavy atom. The first-order valence-electron chi connectivity index (χ1n) is 22.1. The zero-order chi connectivity index (χ0) is 51.7. The number of nitrogens with two attached hydrogens (primary N) is 1. The van der Waals surface area contributed by atoms with E-state index in [-0.39, 0.29) is 36.8 Å². The average Bonchev–Trinajstić information content (AvgIpc) is 3.44. The molecule has 3 amide bonds. The molecular formula is C43H69F9N4O9. The van der Waals surface area contributed by atoms with Crippen molar-refractivity contribution in [3.63, 3.8) is 0 Å². The highest BCUT2D eigenvalue weighted by Gasteiger charge is 2.53. The molecule has 6 fully saturated rings. The van der Waals surface area contributed by atoms with Crippen LogP contribution in [0, 0.1) is 34.5 Å². The summed E-state index contributed by atoms with van der Waals surface area (Å²) in [6.45, 7) is 21.6. The summed E-state index contributed by atoms with van der Waals surface area (Å²) in [5, 5.41) is 2.75. The van der Waals surface area contributed by atoms with Gasteiger partial charge in [0.15, 0.2) is 0 Å². The van der Waals surface area contributed by atoms with Gasteiger partial charge in [-0.1, -0.05) is 27.7 Å². The molecule has 13 nitrogen and oxygen atoms in total. The molecule has 3 N–H and O–H groups in total. The van der Waals surface area contributed by atoms with E-state index in [4.69, 9.17) is 26.1 Å². The number of fused-ring (bicyclic) bond motifs is 8. The van der Waals surface area contributed by atoms with Crippen molar-refractivity contribution in [3.8, 4) is 0 Å². The van der Waals surface area contributed by atoms with Crippen LogP contribution in [0.4, 0.5) is 44.3 Å². The van der Waals surface area contributed by atoms with Crippen LogP contribution in [0.3, 0.4) is 0 Å². The van der Waals surface area contributed by atoms with Crippen LogP contribution < -0.4 is 11.1 Å². The molecule has 65 heavy (non-hydrogen) atoms. The van der Waals surface area contributed by atoms with Crippen molar-refractivity contribution in [2.24, 2.45) is 40.2 Å². The summed E-state index contributed by atoms with van der Waals surface area (Å²) >= 11 is 0. The largest absolute Gasteiger partial charge is 0.459 e. The molecule has 378 valence electrons. The molecule has 6 aliphatic rings. The predicted octanol–water partition coefficient (Wildman–Crippen LogP) is 8.30. The Morgan fingerprint density at radius 3 is 1.45 bits per heavy atom. The summed E-state index contributed by atoms with van der Waals surface area (Å²) in [5.41, 5.74) is 3.81. The molecular weight excluding hydrogens is 887 g/mol. The molecule has 2 saturated carbocycles.